The van der Waals surface area contributed by atoms with Crippen LogP contribution in [0.4, 0.5) is 0 Å². The number of fused-ring (bicyclic) bond motifs is 1. The molecule has 0 aromatic carbocycles. The van der Waals surface area contributed by atoms with Crippen LogP contribution in [0.1, 0.15) is 68.8 Å². The number of aromatic nitrogens is 1. The summed E-state index contributed by atoms with van der Waals surface area (Å²) >= 11 is 0. The molecule has 2 amide bonds. The van der Waals surface area contributed by atoms with E-state index in [1.807, 2.05) is 40.7 Å². The summed E-state index contributed by atoms with van der Waals surface area (Å²) in [7, 11) is 0. The fourth-order valence-corrected chi connectivity index (χ4v) is 5.77. The molecule has 4 heterocycles. The lowest BCUT2D eigenvalue weighted by Crippen LogP contribution is -2.65. The summed E-state index contributed by atoms with van der Waals surface area (Å²) in [6.45, 7) is 5.89. The maximum absolute atomic E-state index is 13.8. The summed E-state index contributed by atoms with van der Waals surface area (Å²) < 4.78 is 7.60. The summed E-state index contributed by atoms with van der Waals surface area (Å²) in [6, 6.07) is 7.76. The van der Waals surface area contributed by atoms with Gasteiger partial charge in [-0.15, -0.1) is 0 Å². The Bertz CT molecular complexity index is 968. The lowest BCUT2D eigenvalue weighted by Gasteiger charge is -2.45. The molecule has 0 radical (unpaired) electrons. The molecule has 5 rings (SSSR count). The predicted molar refractivity (Wildman–Crippen MR) is 127 cm³/mol. The quantitative estimate of drug-likeness (QED) is 0.722. The first-order valence-electron chi connectivity index (χ1n) is 12.6. The van der Waals surface area contributed by atoms with E-state index in [9.17, 15) is 9.59 Å². The van der Waals surface area contributed by atoms with Gasteiger partial charge in [0.05, 0.1) is 18.5 Å². The summed E-state index contributed by atoms with van der Waals surface area (Å²) in [4.78, 5) is 31.8. The van der Waals surface area contributed by atoms with Gasteiger partial charge < -0.3 is 24.1 Å². The molecule has 1 atom stereocenters. The molecule has 7 nitrogen and oxygen atoms in total. The first-order chi connectivity index (χ1) is 16.1. The number of furan rings is 1. The van der Waals surface area contributed by atoms with Gasteiger partial charge in [-0.3, -0.25) is 9.59 Å². The summed E-state index contributed by atoms with van der Waals surface area (Å²) in [6.07, 6.45) is 11.0. The van der Waals surface area contributed by atoms with Crippen LogP contribution in [-0.4, -0.2) is 63.9 Å². The normalized spacial score (nSPS) is 24.6. The van der Waals surface area contributed by atoms with Crippen molar-refractivity contribution in [2.45, 2.75) is 76.4 Å². The summed E-state index contributed by atoms with van der Waals surface area (Å²) in [5.41, 5.74) is 0.526. The first kappa shape index (κ1) is 22.3. The molecular formula is C26H36N4O3. The van der Waals surface area contributed by atoms with E-state index in [4.69, 9.17) is 4.42 Å². The van der Waals surface area contributed by atoms with Gasteiger partial charge in [0.2, 0.25) is 5.91 Å². The van der Waals surface area contributed by atoms with Crippen molar-refractivity contribution in [2.24, 2.45) is 0 Å². The Kier molecular flexibility index (Phi) is 6.32. The van der Waals surface area contributed by atoms with E-state index in [0.717, 1.165) is 51.0 Å². The monoisotopic (exact) mass is 452 g/mol. The van der Waals surface area contributed by atoms with E-state index in [1.54, 1.807) is 6.26 Å². The third kappa shape index (κ3) is 4.35. The Labute approximate surface area is 196 Å². The minimum absolute atomic E-state index is 0.0386. The van der Waals surface area contributed by atoms with Crippen molar-refractivity contribution in [2.75, 3.05) is 26.2 Å². The molecule has 178 valence electrons. The van der Waals surface area contributed by atoms with Gasteiger partial charge in [0, 0.05) is 19.1 Å². The van der Waals surface area contributed by atoms with Crippen molar-refractivity contribution < 1.29 is 14.0 Å². The molecule has 1 N–H and O–H groups in total. The number of hydrogen-bond donors (Lipinski definition) is 1. The van der Waals surface area contributed by atoms with Gasteiger partial charge in [0.15, 0.2) is 0 Å². The number of nitrogens with one attached hydrogen (secondary N) is 1. The van der Waals surface area contributed by atoms with Crippen LogP contribution >= 0.6 is 0 Å². The van der Waals surface area contributed by atoms with Crippen LogP contribution in [0.2, 0.25) is 0 Å². The van der Waals surface area contributed by atoms with Crippen molar-refractivity contribution in [1.82, 2.24) is 19.7 Å². The van der Waals surface area contributed by atoms with Crippen LogP contribution < -0.4 is 5.32 Å². The topological polar surface area (TPSA) is 70.7 Å². The average molecular weight is 453 g/mol. The van der Waals surface area contributed by atoms with Gasteiger partial charge in [0.1, 0.15) is 17.0 Å². The number of hydrogen-bond acceptors (Lipinski definition) is 4. The molecule has 2 aromatic rings. The summed E-state index contributed by atoms with van der Waals surface area (Å²) in [5, 5.41) is 3.28. The largest absolute Gasteiger partial charge is 0.463 e. The highest BCUT2D eigenvalue weighted by molar-refractivity contribution is 6.00. The Morgan fingerprint density at radius 2 is 1.76 bits per heavy atom. The van der Waals surface area contributed by atoms with E-state index >= 15 is 0 Å². The average Bonchev–Trinajstić information content (AvgIpc) is 3.54. The minimum Gasteiger partial charge on any atom is -0.463 e. The molecule has 0 unspecified atom stereocenters. The van der Waals surface area contributed by atoms with Gasteiger partial charge in [-0.2, -0.15) is 0 Å². The van der Waals surface area contributed by atoms with E-state index in [-0.39, 0.29) is 17.9 Å². The van der Waals surface area contributed by atoms with Gasteiger partial charge >= 0.3 is 0 Å². The number of likely N-dealkylation sites (tertiary alicyclic amines) is 1. The highest BCUT2D eigenvalue weighted by atomic mass is 16.3. The molecule has 0 spiro atoms. The highest BCUT2D eigenvalue weighted by Crippen LogP contribution is 2.34. The van der Waals surface area contributed by atoms with Gasteiger partial charge in [-0.1, -0.05) is 25.7 Å². The molecule has 1 saturated carbocycles. The Morgan fingerprint density at radius 3 is 2.45 bits per heavy atom. The molecule has 2 fully saturated rings. The Morgan fingerprint density at radius 1 is 1.03 bits per heavy atom. The molecular weight excluding hydrogens is 416 g/mol. The number of carbonyl (C=O) groups is 2. The predicted octanol–water partition coefficient (Wildman–Crippen LogP) is 3.90. The molecule has 1 aliphatic carbocycles. The molecule has 33 heavy (non-hydrogen) atoms. The maximum Gasteiger partial charge on any atom is 0.271 e. The Balaban J connectivity index is 1.43. The lowest BCUT2D eigenvalue weighted by atomic mass is 9.94. The Hall–Kier alpha value is -2.54. The second kappa shape index (κ2) is 9.37. The minimum atomic E-state index is -0.946. The van der Waals surface area contributed by atoms with Crippen LogP contribution in [0.25, 0.3) is 11.5 Å². The fourth-order valence-electron chi connectivity index (χ4n) is 5.77. The van der Waals surface area contributed by atoms with E-state index in [1.165, 1.54) is 25.7 Å². The fraction of sp³-hybridized carbons (Fsp3) is 0.615. The lowest BCUT2D eigenvalue weighted by molar-refractivity contribution is -0.133. The van der Waals surface area contributed by atoms with Crippen LogP contribution in [0, 0.1) is 0 Å². The first-order valence-corrected chi connectivity index (χ1v) is 12.6. The van der Waals surface area contributed by atoms with Gasteiger partial charge in [0.25, 0.3) is 5.91 Å². The zero-order valence-corrected chi connectivity index (χ0v) is 19.7. The van der Waals surface area contributed by atoms with Crippen LogP contribution in [0.15, 0.2) is 34.9 Å². The number of rotatable bonds is 6. The molecule has 2 aromatic heterocycles. The number of carbonyl (C=O) groups excluding carboxylic acids is 2. The zero-order valence-electron chi connectivity index (χ0n) is 19.7. The van der Waals surface area contributed by atoms with Gasteiger partial charge in [-0.05, 0) is 70.0 Å². The van der Waals surface area contributed by atoms with Crippen LogP contribution in [-0.2, 0) is 11.3 Å². The molecule has 1 saturated heterocycles. The van der Waals surface area contributed by atoms with E-state index in [0.29, 0.717) is 24.5 Å². The molecule has 0 bridgehead atoms. The van der Waals surface area contributed by atoms with Crippen molar-refractivity contribution in [3.63, 3.8) is 0 Å². The third-order valence-corrected chi connectivity index (χ3v) is 7.80. The van der Waals surface area contributed by atoms with E-state index < -0.39 is 5.54 Å². The highest BCUT2D eigenvalue weighted by Gasteiger charge is 2.48. The smallest absolute Gasteiger partial charge is 0.271 e. The second-order valence-electron chi connectivity index (χ2n) is 10.1. The summed E-state index contributed by atoms with van der Waals surface area (Å²) in [5.74, 6) is 0.604. The standard InChI is InChI=1S/C26H36N4O3/c1-26(25(32)27-20-9-4-5-10-20)19-29-21(23-11-8-18-33-23)12-13-22(29)24(31)30(26)17-16-28-14-6-2-3-7-15-28/h8,11-13,18,20H,2-7,9-10,14-17,19H2,1H3,(H,27,32)/t26-/m1/s1. The van der Waals surface area contributed by atoms with Crippen LogP contribution in [0.5, 0.6) is 0 Å². The molecule has 2 aliphatic heterocycles. The second-order valence-corrected chi connectivity index (χ2v) is 10.1. The molecule has 3 aliphatic rings. The molecule has 7 heteroatoms. The number of amides is 2. The maximum atomic E-state index is 13.8. The van der Waals surface area contributed by atoms with Crippen molar-refractivity contribution >= 4 is 11.8 Å². The van der Waals surface area contributed by atoms with Crippen molar-refractivity contribution in [3.8, 4) is 11.5 Å². The third-order valence-electron chi connectivity index (χ3n) is 7.80. The van der Waals surface area contributed by atoms with Crippen molar-refractivity contribution in [3.05, 3.63) is 36.2 Å². The SMILES string of the molecule is C[C@]1(C(=O)NC2CCCC2)Cn2c(ccc2-c2ccco2)C(=O)N1CCN1CCCCCC1. The zero-order chi connectivity index (χ0) is 22.8. The van der Waals surface area contributed by atoms with Crippen molar-refractivity contribution in [1.29, 1.82) is 0 Å². The van der Waals surface area contributed by atoms with Crippen LogP contribution in [0.3, 0.4) is 0 Å². The van der Waals surface area contributed by atoms with E-state index in [2.05, 4.69) is 10.2 Å². The number of nitrogens with zero attached hydrogens (tertiary/aromatic N) is 3. The van der Waals surface area contributed by atoms with Gasteiger partial charge in [-0.25, -0.2) is 0 Å².